The average Bonchev–Trinajstić information content (AvgIpc) is 3.39. The maximum atomic E-state index is 12.5. The van der Waals surface area contributed by atoms with Gasteiger partial charge in [-0.2, -0.15) is 0 Å². The minimum absolute atomic E-state index is 0.00889. The summed E-state index contributed by atoms with van der Waals surface area (Å²) in [4.78, 5) is 24.6. The van der Waals surface area contributed by atoms with Crippen LogP contribution in [0.3, 0.4) is 0 Å². The number of esters is 1. The Bertz CT molecular complexity index is 1180. The van der Waals surface area contributed by atoms with E-state index in [0.717, 1.165) is 44.9 Å². The summed E-state index contributed by atoms with van der Waals surface area (Å²) in [7, 11) is 0. The molecule has 0 saturated carbocycles. The highest BCUT2D eigenvalue weighted by molar-refractivity contribution is 5.76. The largest absolute Gasteiger partial charge is 0.466 e. The number of carbonyl (C=O) groups excluding carboxylic acids is 2. The van der Waals surface area contributed by atoms with Crippen molar-refractivity contribution in [3.05, 3.63) is 36.5 Å². The molecule has 0 aliphatic heterocycles. The molecule has 0 spiro atoms. The van der Waals surface area contributed by atoms with Crippen LogP contribution in [0.2, 0.25) is 0 Å². The van der Waals surface area contributed by atoms with Gasteiger partial charge < -0.3 is 20.3 Å². The zero-order valence-electron chi connectivity index (χ0n) is 49.1. The quantitative estimate of drug-likeness (QED) is 0.0320. The van der Waals surface area contributed by atoms with Gasteiger partial charge in [0.25, 0.3) is 0 Å². The van der Waals surface area contributed by atoms with E-state index in [1.54, 1.807) is 6.08 Å². The topological polar surface area (TPSA) is 95.9 Å². The molecule has 0 aliphatic carbocycles. The summed E-state index contributed by atoms with van der Waals surface area (Å²) in [6.07, 6.45) is 79.1. The van der Waals surface area contributed by atoms with E-state index < -0.39 is 12.1 Å². The Kier molecular flexibility index (Phi) is 61.0. The van der Waals surface area contributed by atoms with E-state index in [-0.39, 0.29) is 18.5 Å². The first-order valence-corrected chi connectivity index (χ1v) is 32.8. The summed E-state index contributed by atoms with van der Waals surface area (Å²) >= 11 is 0. The summed E-state index contributed by atoms with van der Waals surface area (Å²) < 4.78 is 5.49. The van der Waals surface area contributed by atoms with Crippen molar-refractivity contribution in [2.45, 2.75) is 366 Å². The second-order valence-corrected chi connectivity index (χ2v) is 22.4. The number of nitrogens with one attached hydrogen (secondary N) is 1. The Hall–Kier alpha value is -1.92. The van der Waals surface area contributed by atoms with Gasteiger partial charge in [-0.1, -0.05) is 294 Å². The summed E-state index contributed by atoms with van der Waals surface area (Å²) in [5.41, 5.74) is 0. The van der Waals surface area contributed by atoms with E-state index in [4.69, 9.17) is 4.74 Å². The van der Waals surface area contributed by atoms with Crippen molar-refractivity contribution in [1.82, 2.24) is 5.32 Å². The molecule has 0 heterocycles. The van der Waals surface area contributed by atoms with Crippen molar-refractivity contribution in [3.63, 3.8) is 0 Å². The van der Waals surface area contributed by atoms with E-state index in [1.165, 1.54) is 283 Å². The third-order valence-corrected chi connectivity index (χ3v) is 15.1. The number of allylic oxidation sites excluding steroid dienone is 5. The van der Waals surface area contributed by atoms with Gasteiger partial charge in [-0.25, -0.2) is 0 Å². The van der Waals surface area contributed by atoms with Crippen LogP contribution in [0.15, 0.2) is 36.5 Å². The molecule has 2 unspecified atom stereocenters. The first-order chi connectivity index (χ1) is 36.0. The molecule has 0 aromatic carbocycles. The zero-order valence-corrected chi connectivity index (χ0v) is 49.1. The molecule has 3 N–H and O–H groups in total. The van der Waals surface area contributed by atoms with Crippen LogP contribution < -0.4 is 5.32 Å². The number of hydrogen-bond donors (Lipinski definition) is 3. The van der Waals surface area contributed by atoms with Crippen LogP contribution in [-0.4, -0.2) is 47.4 Å². The molecular formula is C67H127NO5. The second kappa shape index (κ2) is 62.6. The van der Waals surface area contributed by atoms with Gasteiger partial charge in [0.2, 0.25) is 5.91 Å². The summed E-state index contributed by atoms with van der Waals surface area (Å²) in [6.45, 7) is 4.91. The Morgan fingerprint density at radius 2 is 0.644 bits per heavy atom. The van der Waals surface area contributed by atoms with Crippen LogP contribution >= 0.6 is 0 Å². The fourth-order valence-electron chi connectivity index (χ4n) is 10.1. The third-order valence-electron chi connectivity index (χ3n) is 15.1. The molecule has 0 aliphatic rings. The molecular weight excluding hydrogens is 899 g/mol. The molecule has 0 aromatic heterocycles. The maximum Gasteiger partial charge on any atom is 0.305 e. The first-order valence-electron chi connectivity index (χ1n) is 32.8. The third kappa shape index (κ3) is 59.2. The minimum atomic E-state index is -0.847. The first kappa shape index (κ1) is 71.1. The van der Waals surface area contributed by atoms with E-state index in [9.17, 15) is 19.8 Å². The van der Waals surface area contributed by atoms with Crippen molar-refractivity contribution in [2.75, 3.05) is 13.2 Å². The Labute approximate surface area is 455 Å². The number of amides is 1. The predicted molar refractivity (Wildman–Crippen MR) is 319 cm³/mol. The number of unbranched alkanes of at least 4 members (excludes halogenated alkanes) is 46. The Morgan fingerprint density at radius 1 is 0.370 bits per heavy atom. The summed E-state index contributed by atoms with van der Waals surface area (Å²) in [5, 5.41) is 23.1. The fraction of sp³-hybridized carbons (Fsp3) is 0.881. The predicted octanol–water partition coefficient (Wildman–Crippen LogP) is 20.8. The van der Waals surface area contributed by atoms with Crippen molar-refractivity contribution in [2.24, 2.45) is 0 Å². The van der Waals surface area contributed by atoms with Crippen LogP contribution in [0.4, 0.5) is 0 Å². The van der Waals surface area contributed by atoms with Gasteiger partial charge in [0.1, 0.15) is 0 Å². The highest BCUT2D eigenvalue weighted by Crippen LogP contribution is 2.17. The molecule has 2 atom stereocenters. The number of hydrogen-bond acceptors (Lipinski definition) is 5. The van der Waals surface area contributed by atoms with E-state index in [1.807, 2.05) is 6.08 Å². The van der Waals surface area contributed by atoms with Crippen molar-refractivity contribution < 1.29 is 24.5 Å². The molecule has 6 heteroatoms. The van der Waals surface area contributed by atoms with Gasteiger partial charge in [-0.3, -0.25) is 9.59 Å². The van der Waals surface area contributed by atoms with Crippen molar-refractivity contribution in [1.29, 1.82) is 0 Å². The van der Waals surface area contributed by atoms with Gasteiger partial charge in [-0.05, 0) is 83.5 Å². The van der Waals surface area contributed by atoms with E-state index in [0.29, 0.717) is 19.4 Å². The van der Waals surface area contributed by atoms with Crippen LogP contribution in [0.5, 0.6) is 0 Å². The van der Waals surface area contributed by atoms with Crippen LogP contribution in [-0.2, 0) is 14.3 Å². The second-order valence-electron chi connectivity index (χ2n) is 22.4. The molecule has 6 nitrogen and oxygen atoms in total. The minimum Gasteiger partial charge on any atom is -0.466 e. The normalized spacial score (nSPS) is 12.8. The van der Waals surface area contributed by atoms with Gasteiger partial charge in [0.05, 0.1) is 25.4 Å². The van der Waals surface area contributed by atoms with E-state index >= 15 is 0 Å². The molecule has 0 saturated heterocycles. The van der Waals surface area contributed by atoms with Crippen molar-refractivity contribution >= 4 is 11.9 Å². The number of ether oxygens (including phenoxy) is 1. The van der Waals surface area contributed by atoms with Gasteiger partial charge >= 0.3 is 5.97 Å². The van der Waals surface area contributed by atoms with Crippen LogP contribution in [0.1, 0.15) is 354 Å². The number of carbonyl (C=O) groups is 2. The van der Waals surface area contributed by atoms with E-state index in [2.05, 4.69) is 43.5 Å². The van der Waals surface area contributed by atoms with Gasteiger partial charge in [0.15, 0.2) is 0 Å². The van der Waals surface area contributed by atoms with Gasteiger partial charge in [-0.15, -0.1) is 0 Å². The molecule has 430 valence electrons. The standard InChI is InChI=1S/C67H127NO5/c1-3-5-7-9-11-13-15-17-19-28-33-37-41-45-49-53-57-61-67(72)73-62-58-54-50-46-42-38-34-30-27-25-23-21-20-22-24-26-29-32-36-40-44-48-52-56-60-66(71)68-64(63-69)65(70)59-55-51-47-43-39-35-31-18-16-14-12-10-8-6-4-2/h17,19,22,24,55,59,64-65,69-70H,3-16,18,20-21,23,25-54,56-58,60-63H2,1-2H3,(H,68,71)/b19-17-,24-22-,59-55+. The van der Waals surface area contributed by atoms with Gasteiger partial charge in [0, 0.05) is 12.8 Å². The lowest BCUT2D eigenvalue weighted by atomic mass is 10.0. The van der Waals surface area contributed by atoms with Crippen molar-refractivity contribution in [3.8, 4) is 0 Å². The lowest BCUT2D eigenvalue weighted by Crippen LogP contribution is -2.45. The summed E-state index contributed by atoms with van der Waals surface area (Å²) in [5.74, 6) is -0.0623. The zero-order chi connectivity index (χ0) is 52.9. The highest BCUT2D eigenvalue weighted by Gasteiger charge is 2.18. The monoisotopic (exact) mass is 1030 g/mol. The molecule has 0 bridgehead atoms. The number of aliphatic hydroxyl groups is 2. The average molecular weight is 1030 g/mol. The van der Waals surface area contributed by atoms with Crippen LogP contribution in [0.25, 0.3) is 0 Å². The fourth-order valence-corrected chi connectivity index (χ4v) is 10.1. The highest BCUT2D eigenvalue weighted by atomic mass is 16.5. The van der Waals surface area contributed by atoms with Crippen LogP contribution in [0, 0.1) is 0 Å². The SMILES string of the molecule is CCCCCCCC/C=C\CCCCCCCCCC(=O)OCCCCCCCCCCCCCC/C=C\CCCCCCCCCCC(=O)NC(CO)C(O)/C=C/CCCCCCCCCCCCCCC. The number of rotatable bonds is 61. The molecule has 73 heavy (non-hydrogen) atoms. The Balaban J connectivity index is 3.41. The Morgan fingerprint density at radius 3 is 0.973 bits per heavy atom. The number of aliphatic hydroxyl groups excluding tert-OH is 2. The molecule has 1 amide bonds. The molecule has 0 aromatic rings. The lowest BCUT2D eigenvalue weighted by molar-refractivity contribution is -0.143. The molecule has 0 radical (unpaired) electrons. The summed E-state index contributed by atoms with van der Waals surface area (Å²) in [6, 6.07) is -0.631. The lowest BCUT2D eigenvalue weighted by Gasteiger charge is -2.20. The molecule has 0 fully saturated rings. The maximum absolute atomic E-state index is 12.5. The molecule has 0 rings (SSSR count). The smallest absolute Gasteiger partial charge is 0.305 e.